The van der Waals surface area contributed by atoms with Crippen LogP contribution >= 0.6 is 11.6 Å². The van der Waals surface area contributed by atoms with Crippen molar-refractivity contribution >= 4 is 17.4 Å². The van der Waals surface area contributed by atoms with Gasteiger partial charge < -0.3 is 10.2 Å². The Balaban J connectivity index is 2.02. The summed E-state index contributed by atoms with van der Waals surface area (Å²) in [6, 6.07) is 3.09. The zero-order valence-corrected chi connectivity index (χ0v) is 14.5. The average molecular weight is 310 g/mol. The molecule has 1 fully saturated rings. The molecule has 0 aliphatic heterocycles. The highest BCUT2D eigenvalue weighted by molar-refractivity contribution is 6.33. The topological polar surface area (TPSA) is 28.2 Å². The van der Waals surface area contributed by atoms with Gasteiger partial charge >= 0.3 is 0 Å². The summed E-state index contributed by atoms with van der Waals surface area (Å²) in [7, 11) is 2.13. The maximum absolute atomic E-state index is 6.46. The van der Waals surface area contributed by atoms with E-state index >= 15 is 0 Å². The predicted octanol–water partition coefficient (Wildman–Crippen LogP) is 4.25. The van der Waals surface area contributed by atoms with E-state index in [1.165, 1.54) is 25.7 Å². The van der Waals surface area contributed by atoms with Crippen molar-refractivity contribution in [3.05, 3.63) is 22.8 Å². The van der Waals surface area contributed by atoms with Crippen LogP contribution < -0.4 is 10.2 Å². The molecule has 0 atom stereocenters. The fourth-order valence-corrected chi connectivity index (χ4v) is 3.27. The van der Waals surface area contributed by atoms with Gasteiger partial charge in [0.2, 0.25) is 0 Å². The average Bonchev–Trinajstić information content (AvgIpc) is 2.45. The van der Waals surface area contributed by atoms with E-state index < -0.39 is 0 Å². The van der Waals surface area contributed by atoms with Crippen molar-refractivity contribution in [3.63, 3.8) is 0 Å². The van der Waals surface area contributed by atoms with Crippen molar-refractivity contribution in [2.45, 2.75) is 65.1 Å². The third kappa shape index (κ3) is 4.58. The summed E-state index contributed by atoms with van der Waals surface area (Å²) in [5.74, 6) is 1.78. The molecule has 0 amide bonds. The highest BCUT2D eigenvalue weighted by Gasteiger charge is 2.23. The molecule has 1 aromatic heterocycles. The molecule has 0 aromatic carbocycles. The van der Waals surface area contributed by atoms with Crippen molar-refractivity contribution in [2.75, 3.05) is 11.9 Å². The smallest absolute Gasteiger partial charge is 0.147 e. The zero-order chi connectivity index (χ0) is 15.4. The molecular formula is C17H28ClN3. The number of halogens is 1. The number of pyridine rings is 1. The van der Waals surface area contributed by atoms with Crippen LogP contribution in [0.2, 0.25) is 5.02 Å². The van der Waals surface area contributed by atoms with E-state index in [0.29, 0.717) is 12.1 Å². The van der Waals surface area contributed by atoms with Crippen molar-refractivity contribution in [1.82, 2.24) is 10.3 Å². The van der Waals surface area contributed by atoms with E-state index in [9.17, 15) is 0 Å². The van der Waals surface area contributed by atoms with E-state index in [-0.39, 0.29) is 0 Å². The lowest BCUT2D eigenvalue weighted by Crippen LogP contribution is -2.35. The van der Waals surface area contributed by atoms with Crippen LogP contribution in [0.5, 0.6) is 0 Å². The van der Waals surface area contributed by atoms with Crippen LogP contribution in [-0.2, 0) is 6.54 Å². The quantitative estimate of drug-likeness (QED) is 0.881. The highest BCUT2D eigenvalue weighted by atomic mass is 35.5. The summed E-state index contributed by atoms with van der Waals surface area (Å²) in [5, 5.41) is 4.16. The van der Waals surface area contributed by atoms with Crippen LogP contribution in [0.1, 0.15) is 52.0 Å². The van der Waals surface area contributed by atoms with Gasteiger partial charge in [0, 0.05) is 31.9 Å². The fourth-order valence-electron chi connectivity index (χ4n) is 2.95. The third-order valence-corrected chi connectivity index (χ3v) is 4.74. The lowest BCUT2D eigenvalue weighted by Gasteiger charge is -2.34. The van der Waals surface area contributed by atoms with Gasteiger partial charge in [0.1, 0.15) is 5.82 Å². The normalized spacial score (nSPS) is 22.6. The van der Waals surface area contributed by atoms with Gasteiger partial charge in [-0.1, -0.05) is 32.4 Å². The number of anilines is 1. The molecule has 3 nitrogen and oxygen atoms in total. The summed E-state index contributed by atoms with van der Waals surface area (Å²) in [4.78, 5) is 6.88. The first-order valence-electron chi connectivity index (χ1n) is 8.08. The van der Waals surface area contributed by atoms with Gasteiger partial charge in [0.25, 0.3) is 0 Å². The Labute approximate surface area is 134 Å². The minimum Gasteiger partial charge on any atom is -0.355 e. The van der Waals surface area contributed by atoms with E-state index in [1.54, 1.807) is 0 Å². The summed E-state index contributed by atoms with van der Waals surface area (Å²) in [6.07, 6.45) is 7.04. The molecule has 4 heteroatoms. The number of aromatic nitrogens is 1. The second-order valence-corrected chi connectivity index (χ2v) is 7.12. The largest absolute Gasteiger partial charge is 0.355 e. The Kier molecular flexibility index (Phi) is 5.88. The first-order chi connectivity index (χ1) is 9.97. The number of nitrogens with one attached hydrogen (secondary N) is 1. The fraction of sp³-hybridized carbons (Fsp3) is 0.706. The van der Waals surface area contributed by atoms with Crippen molar-refractivity contribution < 1.29 is 0 Å². The van der Waals surface area contributed by atoms with Crippen molar-refractivity contribution in [2.24, 2.45) is 5.92 Å². The summed E-state index contributed by atoms with van der Waals surface area (Å²) < 4.78 is 0. The van der Waals surface area contributed by atoms with Gasteiger partial charge in [-0.05, 0) is 43.2 Å². The molecule has 21 heavy (non-hydrogen) atoms. The third-order valence-electron chi connectivity index (χ3n) is 4.46. The van der Waals surface area contributed by atoms with Gasteiger partial charge in [-0.25, -0.2) is 4.98 Å². The van der Waals surface area contributed by atoms with Crippen molar-refractivity contribution in [3.8, 4) is 0 Å². The monoisotopic (exact) mass is 309 g/mol. The number of rotatable bonds is 5. The minimum absolute atomic E-state index is 0.468. The van der Waals surface area contributed by atoms with Crippen LogP contribution in [0.4, 0.5) is 5.82 Å². The molecule has 0 spiro atoms. The summed E-state index contributed by atoms with van der Waals surface area (Å²) in [5.41, 5.74) is 1.14. The molecule has 1 heterocycles. The Morgan fingerprint density at radius 1 is 1.33 bits per heavy atom. The van der Waals surface area contributed by atoms with Gasteiger partial charge in [-0.3, -0.25) is 0 Å². The summed E-state index contributed by atoms with van der Waals surface area (Å²) >= 11 is 6.46. The predicted molar refractivity (Wildman–Crippen MR) is 91.0 cm³/mol. The second-order valence-electron chi connectivity index (χ2n) is 6.71. The molecule has 0 saturated heterocycles. The number of nitrogens with zero attached hydrogens (tertiary/aromatic N) is 2. The zero-order valence-electron chi connectivity index (χ0n) is 13.7. The van der Waals surface area contributed by atoms with E-state index in [4.69, 9.17) is 11.6 Å². The molecule has 2 rings (SSSR count). The van der Waals surface area contributed by atoms with Crippen LogP contribution in [-0.4, -0.2) is 24.1 Å². The Morgan fingerprint density at radius 3 is 2.57 bits per heavy atom. The summed E-state index contributed by atoms with van der Waals surface area (Å²) in [6.45, 7) is 7.44. The molecule has 1 saturated carbocycles. The molecule has 1 aliphatic rings. The van der Waals surface area contributed by atoms with Gasteiger partial charge in [-0.15, -0.1) is 0 Å². The highest BCUT2D eigenvalue weighted by Crippen LogP contribution is 2.31. The van der Waals surface area contributed by atoms with Crippen LogP contribution in [0, 0.1) is 5.92 Å². The van der Waals surface area contributed by atoms with Crippen LogP contribution in [0.3, 0.4) is 0 Å². The Hall–Kier alpha value is -0.800. The molecule has 1 aromatic rings. The first-order valence-corrected chi connectivity index (χ1v) is 8.45. The second kappa shape index (κ2) is 7.46. The van der Waals surface area contributed by atoms with Crippen LogP contribution in [0.25, 0.3) is 0 Å². The molecule has 0 bridgehead atoms. The van der Waals surface area contributed by atoms with E-state index in [2.05, 4.69) is 43.0 Å². The Morgan fingerprint density at radius 2 is 2.00 bits per heavy atom. The Bertz CT molecular complexity index is 453. The molecular weight excluding hydrogens is 282 g/mol. The maximum Gasteiger partial charge on any atom is 0.147 e. The molecule has 1 aliphatic carbocycles. The number of hydrogen-bond donors (Lipinski definition) is 1. The molecule has 118 valence electrons. The number of hydrogen-bond acceptors (Lipinski definition) is 3. The first kappa shape index (κ1) is 16.6. The standard InChI is InChI=1S/C17H28ClN3/c1-12(2)19-10-14-9-16(18)17(20-11-14)21(4)15-7-5-13(3)6-8-15/h9,11-13,15,19H,5-8,10H2,1-4H3. The minimum atomic E-state index is 0.468. The molecule has 0 unspecified atom stereocenters. The molecule has 0 radical (unpaired) electrons. The molecule has 1 N–H and O–H groups in total. The van der Waals surface area contributed by atoms with Gasteiger partial charge in [0.15, 0.2) is 0 Å². The van der Waals surface area contributed by atoms with Crippen LogP contribution in [0.15, 0.2) is 12.3 Å². The van der Waals surface area contributed by atoms with Gasteiger partial charge in [0.05, 0.1) is 5.02 Å². The van der Waals surface area contributed by atoms with Crippen molar-refractivity contribution in [1.29, 1.82) is 0 Å². The maximum atomic E-state index is 6.46. The lowest BCUT2D eigenvalue weighted by atomic mass is 9.87. The SMILES string of the molecule is CC1CCC(N(C)c2ncc(CNC(C)C)cc2Cl)CC1. The van der Waals surface area contributed by atoms with E-state index in [1.807, 2.05) is 12.3 Å². The lowest BCUT2D eigenvalue weighted by molar-refractivity contribution is 0.340. The van der Waals surface area contributed by atoms with Gasteiger partial charge in [-0.2, -0.15) is 0 Å². The van der Waals surface area contributed by atoms with E-state index in [0.717, 1.165) is 28.9 Å².